The summed E-state index contributed by atoms with van der Waals surface area (Å²) in [7, 11) is 0. The van der Waals surface area contributed by atoms with Crippen LogP contribution in [0.1, 0.15) is 37.6 Å². The Morgan fingerprint density at radius 2 is 2.00 bits per heavy atom. The fourth-order valence-electron chi connectivity index (χ4n) is 2.28. The zero-order chi connectivity index (χ0) is 11.9. The van der Waals surface area contributed by atoms with Crippen LogP contribution >= 0.6 is 0 Å². The Morgan fingerprint density at radius 1 is 1.24 bits per heavy atom. The first-order valence-corrected chi connectivity index (χ1v) is 6.76. The van der Waals surface area contributed by atoms with Gasteiger partial charge in [-0.25, -0.2) is 0 Å². The van der Waals surface area contributed by atoms with Crippen LogP contribution in [0.5, 0.6) is 0 Å². The van der Waals surface area contributed by atoms with Crippen LogP contribution in [0.4, 0.5) is 0 Å². The molecule has 3 heteroatoms. The van der Waals surface area contributed by atoms with Gasteiger partial charge in [0.05, 0.1) is 11.4 Å². The van der Waals surface area contributed by atoms with Crippen molar-refractivity contribution >= 4 is 0 Å². The van der Waals surface area contributed by atoms with E-state index >= 15 is 0 Å². The summed E-state index contributed by atoms with van der Waals surface area (Å²) in [6.07, 6.45) is 3.86. The van der Waals surface area contributed by atoms with Crippen molar-refractivity contribution in [2.75, 3.05) is 19.6 Å². The van der Waals surface area contributed by atoms with Gasteiger partial charge in [0.25, 0.3) is 0 Å². The maximum absolute atomic E-state index is 4.70. The minimum absolute atomic E-state index is 0.891. The van der Waals surface area contributed by atoms with Crippen molar-refractivity contribution in [1.82, 2.24) is 15.2 Å². The third-order valence-electron chi connectivity index (χ3n) is 3.18. The van der Waals surface area contributed by atoms with Gasteiger partial charge in [0.15, 0.2) is 0 Å². The van der Waals surface area contributed by atoms with Crippen molar-refractivity contribution in [1.29, 1.82) is 0 Å². The highest BCUT2D eigenvalue weighted by Gasteiger charge is 2.12. The fourth-order valence-corrected chi connectivity index (χ4v) is 2.28. The first-order valence-electron chi connectivity index (χ1n) is 6.76. The molecule has 1 fully saturated rings. The summed E-state index contributed by atoms with van der Waals surface area (Å²) >= 11 is 0. The Kier molecular flexibility index (Phi) is 4.95. The van der Waals surface area contributed by atoms with Gasteiger partial charge in [-0.1, -0.05) is 13.0 Å². The lowest BCUT2D eigenvalue weighted by Gasteiger charge is -2.14. The standard InChI is InChI=1S/C14H23N3/c1-2-8-15-11-13-6-5-7-14(16-13)12-17-9-3-4-10-17/h5-7,15H,2-4,8-12H2,1H3. The van der Waals surface area contributed by atoms with Crippen molar-refractivity contribution < 1.29 is 0 Å². The Morgan fingerprint density at radius 3 is 2.76 bits per heavy atom. The molecule has 0 radical (unpaired) electrons. The molecule has 0 bridgehead atoms. The molecule has 1 saturated heterocycles. The van der Waals surface area contributed by atoms with Crippen LogP contribution in [0.15, 0.2) is 18.2 Å². The summed E-state index contributed by atoms with van der Waals surface area (Å²) in [6, 6.07) is 6.37. The molecule has 0 atom stereocenters. The lowest BCUT2D eigenvalue weighted by atomic mass is 10.3. The topological polar surface area (TPSA) is 28.2 Å². The summed E-state index contributed by atoms with van der Waals surface area (Å²) in [5, 5.41) is 3.40. The third kappa shape index (κ3) is 4.10. The third-order valence-corrected chi connectivity index (χ3v) is 3.18. The van der Waals surface area contributed by atoms with Gasteiger partial charge in [-0.15, -0.1) is 0 Å². The molecular weight excluding hydrogens is 210 g/mol. The van der Waals surface area contributed by atoms with Crippen LogP contribution in [0, 0.1) is 0 Å². The molecule has 94 valence electrons. The van der Waals surface area contributed by atoms with E-state index in [1.165, 1.54) is 38.0 Å². The largest absolute Gasteiger partial charge is 0.311 e. The van der Waals surface area contributed by atoms with Crippen LogP contribution in [0.25, 0.3) is 0 Å². The van der Waals surface area contributed by atoms with Crippen molar-refractivity contribution in [2.24, 2.45) is 0 Å². The highest BCUT2D eigenvalue weighted by molar-refractivity contribution is 5.11. The predicted molar refractivity (Wildman–Crippen MR) is 70.7 cm³/mol. The van der Waals surface area contributed by atoms with Gasteiger partial charge in [0.2, 0.25) is 0 Å². The van der Waals surface area contributed by atoms with Gasteiger partial charge in [0.1, 0.15) is 0 Å². The minimum Gasteiger partial charge on any atom is -0.311 e. The summed E-state index contributed by atoms with van der Waals surface area (Å²) in [6.45, 7) is 7.63. The number of nitrogens with one attached hydrogen (secondary N) is 1. The van der Waals surface area contributed by atoms with E-state index in [-0.39, 0.29) is 0 Å². The Labute approximate surface area is 104 Å². The van der Waals surface area contributed by atoms with Gasteiger partial charge >= 0.3 is 0 Å². The van der Waals surface area contributed by atoms with E-state index < -0.39 is 0 Å². The number of aromatic nitrogens is 1. The number of nitrogens with zero attached hydrogens (tertiary/aromatic N) is 2. The molecule has 1 aromatic rings. The second-order valence-electron chi connectivity index (χ2n) is 4.78. The van der Waals surface area contributed by atoms with E-state index in [1.54, 1.807) is 0 Å². The average Bonchev–Trinajstić information content (AvgIpc) is 2.83. The number of hydrogen-bond acceptors (Lipinski definition) is 3. The van der Waals surface area contributed by atoms with Gasteiger partial charge in [-0.3, -0.25) is 9.88 Å². The molecule has 3 nitrogen and oxygen atoms in total. The first-order chi connectivity index (χ1) is 8.38. The van der Waals surface area contributed by atoms with Crippen molar-refractivity contribution in [3.05, 3.63) is 29.6 Å². The molecule has 0 aromatic carbocycles. The van der Waals surface area contributed by atoms with Crippen molar-refractivity contribution in [3.63, 3.8) is 0 Å². The number of hydrogen-bond donors (Lipinski definition) is 1. The highest BCUT2D eigenvalue weighted by atomic mass is 15.1. The lowest BCUT2D eigenvalue weighted by Crippen LogP contribution is -2.20. The van der Waals surface area contributed by atoms with Crippen molar-refractivity contribution in [2.45, 2.75) is 39.3 Å². The number of rotatable bonds is 6. The van der Waals surface area contributed by atoms with Gasteiger partial charge < -0.3 is 5.32 Å². The Balaban J connectivity index is 1.86. The smallest absolute Gasteiger partial charge is 0.0547 e. The van der Waals surface area contributed by atoms with Gasteiger partial charge in [-0.2, -0.15) is 0 Å². The molecular formula is C14H23N3. The SMILES string of the molecule is CCCNCc1cccc(CN2CCCC2)n1. The normalized spacial score (nSPS) is 16.5. The zero-order valence-corrected chi connectivity index (χ0v) is 10.8. The van der Waals surface area contributed by atoms with Crippen LogP contribution < -0.4 is 5.32 Å². The van der Waals surface area contributed by atoms with E-state index in [4.69, 9.17) is 4.98 Å². The molecule has 1 N–H and O–H groups in total. The number of pyridine rings is 1. The second-order valence-corrected chi connectivity index (χ2v) is 4.78. The number of likely N-dealkylation sites (tertiary alicyclic amines) is 1. The van der Waals surface area contributed by atoms with E-state index in [0.29, 0.717) is 0 Å². The summed E-state index contributed by atoms with van der Waals surface area (Å²) in [4.78, 5) is 7.20. The van der Waals surface area contributed by atoms with Crippen LogP contribution in [-0.4, -0.2) is 29.5 Å². The molecule has 1 aromatic heterocycles. The van der Waals surface area contributed by atoms with Crippen molar-refractivity contribution in [3.8, 4) is 0 Å². The molecule has 0 amide bonds. The average molecular weight is 233 g/mol. The van der Waals surface area contributed by atoms with Gasteiger partial charge in [-0.05, 0) is 51.0 Å². The monoisotopic (exact) mass is 233 g/mol. The molecule has 2 heterocycles. The van der Waals surface area contributed by atoms with E-state index in [9.17, 15) is 0 Å². The zero-order valence-electron chi connectivity index (χ0n) is 10.8. The fraction of sp³-hybridized carbons (Fsp3) is 0.643. The quantitative estimate of drug-likeness (QED) is 0.763. The van der Waals surface area contributed by atoms with Crippen LogP contribution in [0.2, 0.25) is 0 Å². The van der Waals surface area contributed by atoms with Gasteiger partial charge in [0, 0.05) is 13.1 Å². The second kappa shape index (κ2) is 6.72. The molecule has 0 unspecified atom stereocenters. The molecule has 0 spiro atoms. The summed E-state index contributed by atoms with van der Waals surface area (Å²) < 4.78 is 0. The predicted octanol–water partition coefficient (Wildman–Crippen LogP) is 2.18. The highest BCUT2D eigenvalue weighted by Crippen LogP contribution is 2.11. The first kappa shape index (κ1) is 12.5. The molecule has 0 saturated carbocycles. The van der Waals surface area contributed by atoms with Crippen LogP contribution in [0.3, 0.4) is 0 Å². The van der Waals surface area contributed by atoms with Crippen LogP contribution in [-0.2, 0) is 13.1 Å². The molecule has 2 rings (SSSR count). The van der Waals surface area contributed by atoms with E-state index in [0.717, 1.165) is 25.3 Å². The molecule has 17 heavy (non-hydrogen) atoms. The summed E-state index contributed by atoms with van der Waals surface area (Å²) in [5.41, 5.74) is 2.37. The molecule has 0 aliphatic carbocycles. The lowest BCUT2D eigenvalue weighted by molar-refractivity contribution is 0.327. The minimum atomic E-state index is 0.891. The molecule has 1 aliphatic rings. The Bertz CT molecular complexity index is 332. The Hall–Kier alpha value is -0.930. The maximum Gasteiger partial charge on any atom is 0.0547 e. The summed E-state index contributed by atoms with van der Waals surface area (Å²) in [5.74, 6) is 0. The maximum atomic E-state index is 4.70. The van der Waals surface area contributed by atoms with E-state index in [1.807, 2.05) is 0 Å². The van der Waals surface area contributed by atoms with E-state index in [2.05, 4.69) is 35.3 Å². The molecule has 1 aliphatic heterocycles.